The van der Waals surface area contributed by atoms with Crippen molar-refractivity contribution < 1.29 is 9.47 Å². The molecule has 1 aromatic carbocycles. The van der Waals surface area contributed by atoms with Gasteiger partial charge in [0.05, 0.1) is 13.7 Å². The lowest BCUT2D eigenvalue weighted by atomic mass is 10.2. The van der Waals surface area contributed by atoms with Crippen LogP contribution in [0, 0.1) is 0 Å². The maximum absolute atomic E-state index is 5.68. The fourth-order valence-corrected chi connectivity index (χ4v) is 2.22. The Balaban J connectivity index is 0.00000338. The number of methoxy groups -OCH3 is 1. The van der Waals surface area contributed by atoms with Crippen LogP contribution in [0.5, 0.6) is 11.6 Å². The van der Waals surface area contributed by atoms with Crippen LogP contribution in [-0.2, 0) is 13.1 Å². The normalized spacial score (nSPS) is 10.7. The molecule has 26 heavy (non-hydrogen) atoms. The Morgan fingerprint density at radius 1 is 1.12 bits per heavy atom. The molecule has 0 saturated heterocycles. The van der Waals surface area contributed by atoms with E-state index in [-0.39, 0.29) is 24.0 Å². The van der Waals surface area contributed by atoms with E-state index in [1.54, 1.807) is 20.4 Å². The Labute approximate surface area is 172 Å². The zero-order valence-corrected chi connectivity index (χ0v) is 17.8. The van der Waals surface area contributed by atoms with Gasteiger partial charge in [-0.15, -0.1) is 24.0 Å². The molecule has 0 aliphatic carbocycles. The van der Waals surface area contributed by atoms with E-state index in [4.69, 9.17) is 9.47 Å². The minimum atomic E-state index is 0. The molecule has 0 aliphatic rings. The van der Waals surface area contributed by atoms with Crippen molar-refractivity contribution >= 4 is 29.9 Å². The number of pyridine rings is 1. The van der Waals surface area contributed by atoms with E-state index in [0.717, 1.165) is 29.3 Å². The Morgan fingerprint density at radius 3 is 2.50 bits per heavy atom. The number of hydrogen-bond donors (Lipinski definition) is 2. The highest BCUT2D eigenvalue weighted by Crippen LogP contribution is 2.14. The lowest BCUT2D eigenvalue weighted by Gasteiger charge is -2.14. The first-order chi connectivity index (χ1) is 12.3. The maximum Gasteiger partial charge on any atom is 0.218 e. The third-order valence-electron chi connectivity index (χ3n) is 3.58. The number of nitrogens with zero attached hydrogens (tertiary/aromatic N) is 2. The number of rotatable bonds is 8. The SMILES string of the molecule is CCCOc1ncccc1CNC(=NC)NCc1ccc(OC)cc1.I. The van der Waals surface area contributed by atoms with Gasteiger partial charge in [-0.05, 0) is 30.2 Å². The largest absolute Gasteiger partial charge is 0.497 e. The van der Waals surface area contributed by atoms with Gasteiger partial charge in [-0.25, -0.2) is 4.98 Å². The highest BCUT2D eigenvalue weighted by molar-refractivity contribution is 14.0. The van der Waals surface area contributed by atoms with Gasteiger partial charge in [-0.1, -0.05) is 25.1 Å². The second kappa shape index (κ2) is 12.3. The average molecular weight is 470 g/mol. The molecule has 2 N–H and O–H groups in total. The summed E-state index contributed by atoms with van der Waals surface area (Å²) in [5.41, 5.74) is 2.15. The summed E-state index contributed by atoms with van der Waals surface area (Å²) in [7, 11) is 3.41. The number of benzene rings is 1. The Kier molecular flexibility index (Phi) is 10.5. The van der Waals surface area contributed by atoms with Crippen LogP contribution < -0.4 is 20.1 Å². The van der Waals surface area contributed by atoms with Crippen LogP contribution in [0.3, 0.4) is 0 Å². The highest BCUT2D eigenvalue weighted by atomic mass is 127. The predicted octanol–water partition coefficient (Wildman–Crippen LogP) is 3.36. The third-order valence-corrected chi connectivity index (χ3v) is 3.58. The molecule has 1 heterocycles. The summed E-state index contributed by atoms with van der Waals surface area (Å²) in [6.45, 7) is 4.01. The van der Waals surface area contributed by atoms with Crippen LogP contribution in [-0.4, -0.2) is 31.7 Å². The van der Waals surface area contributed by atoms with Crippen LogP contribution in [0.1, 0.15) is 24.5 Å². The van der Waals surface area contributed by atoms with E-state index in [0.29, 0.717) is 25.6 Å². The average Bonchev–Trinajstić information content (AvgIpc) is 2.67. The molecule has 0 spiro atoms. The maximum atomic E-state index is 5.68. The number of nitrogens with one attached hydrogen (secondary N) is 2. The minimum absolute atomic E-state index is 0. The molecule has 0 amide bonds. The second-order valence-corrected chi connectivity index (χ2v) is 5.44. The number of aliphatic imine (C=N–C) groups is 1. The van der Waals surface area contributed by atoms with Gasteiger partial charge in [0.2, 0.25) is 5.88 Å². The van der Waals surface area contributed by atoms with Crippen LogP contribution in [0.25, 0.3) is 0 Å². The van der Waals surface area contributed by atoms with Gasteiger partial charge in [0, 0.05) is 31.9 Å². The monoisotopic (exact) mass is 470 g/mol. The molecule has 6 nitrogen and oxygen atoms in total. The molecule has 142 valence electrons. The zero-order chi connectivity index (χ0) is 17.9. The molecular formula is C19H27IN4O2. The first-order valence-electron chi connectivity index (χ1n) is 8.41. The lowest BCUT2D eigenvalue weighted by Crippen LogP contribution is -2.36. The topological polar surface area (TPSA) is 67.8 Å². The molecule has 0 saturated carbocycles. The van der Waals surface area contributed by atoms with Crippen molar-refractivity contribution in [3.8, 4) is 11.6 Å². The number of guanidine groups is 1. The van der Waals surface area contributed by atoms with Crippen molar-refractivity contribution in [3.63, 3.8) is 0 Å². The summed E-state index contributed by atoms with van der Waals surface area (Å²) >= 11 is 0. The van der Waals surface area contributed by atoms with E-state index in [2.05, 4.69) is 27.5 Å². The molecule has 0 bridgehead atoms. The van der Waals surface area contributed by atoms with E-state index in [9.17, 15) is 0 Å². The standard InChI is InChI=1S/C19H26N4O2.HI/c1-4-12-25-18-16(6-5-11-21-18)14-23-19(20-2)22-13-15-7-9-17(24-3)10-8-15;/h5-11H,4,12-14H2,1-3H3,(H2,20,22,23);1H. The molecule has 0 unspecified atom stereocenters. The van der Waals surface area contributed by atoms with Crippen molar-refractivity contribution in [3.05, 3.63) is 53.7 Å². The summed E-state index contributed by atoms with van der Waals surface area (Å²) in [5, 5.41) is 6.58. The van der Waals surface area contributed by atoms with Gasteiger partial charge in [-0.3, -0.25) is 4.99 Å². The van der Waals surface area contributed by atoms with Crippen LogP contribution in [0.4, 0.5) is 0 Å². The summed E-state index contributed by atoms with van der Waals surface area (Å²) in [5.74, 6) is 2.24. The molecule has 2 rings (SSSR count). The van der Waals surface area contributed by atoms with Gasteiger partial charge in [0.25, 0.3) is 0 Å². The molecule has 0 aliphatic heterocycles. The van der Waals surface area contributed by atoms with Crippen molar-refractivity contribution in [2.24, 2.45) is 4.99 Å². The summed E-state index contributed by atoms with van der Waals surface area (Å²) in [4.78, 5) is 8.55. The summed E-state index contributed by atoms with van der Waals surface area (Å²) in [6, 6.07) is 11.8. The van der Waals surface area contributed by atoms with Crippen molar-refractivity contribution in [2.45, 2.75) is 26.4 Å². The van der Waals surface area contributed by atoms with Gasteiger partial charge >= 0.3 is 0 Å². The fraction of sp³-hybridized carbons (Fsp3) is 0.368. The second-order valence-electron chi connectivity index (χ2n) is 5.44. The lowest BCUT2D eigenvalue weighted by molar-refractivity contribution is 0.301. The van der Waals surface area contributed by atoms with Gasteiger partial charge in [0.1, 0.15) is 5.75 Å². The third kappa shape index (κ3) is 7.07. The molecule has 7 heteroatoms. The van der Waals surface area contributed by atoms with Crippen LogP contribution in [0.2, 0.25) is 0 Å². The van der Waals surface area contributed by atoms with Gasteiger partial charge in [-0.2, -0.15) is 0 Å². The van der Waals surface area contributed by atoms with Gasteiger partial charge < -0.3 is 20.1 Å². The zero-order valence-electron chi connectivity index (χ0n) is 15.5. The number of halogens is 1. The predicted molar refractivity (Wildman–Crippen MR) is 115 cm³/mol. The van der Waals surface area contributed by atoms with Gasteiger partial charge in [0.15, 0.2) is 5.96 Å². The van der Waals surface area contributed by atoms with E-state index in [1.165, 1.54) is 0 Å². The van der Waals surface area contributed by atoms with Crippen LogP contribution in [0.15, 0.2) is 47.6 Å². The molecule has 0 atom stereocenters. The summed E-state index contributed by atoms with van der Waals surface area (Å²) < 4.78 is 10.8. The minimum Gasteiger partial charge on any atom is -0.497 e. The Morgan fingerprint density at radius 2 is 1.85 bits per heavy atom. The van der Waals surface area contributed by atoms with Crippen molar-refractivity contribution in [1.29, 1.82) is 0 Å². The molecule has 0 fully saturated rings. The first kappa shape index (κ1) is 22.0. The highest BCUT2D eigenvalue weighted by Gasteiger charge is 2.06. The molecule has 2 aromatic rings. The van der Waals surface area contributed by atoms with Crippen molar-refractivity contribution in [1.82, 2.24) is 15.6 Å². The Bertz CT molecular complexity index is 677. The quantitative estimate of drug-likeness (QED) is 0.352. The Hall–Kier alpha value is -2.03. The van der Waals surface area contributed by atoms with E-state index < -0.39 is 0 Å². The molecule has 0 radical (unpaired) electrons. The summed E-state index contributed by atoms with van der Waals surface area (Å²) in [6.07, 6.45) is 2.69. The molecular weight excluding hydrogens is 443 g/mol. The molecule has 1 aromatic heterocycles. The number of aromatic nitrogens is 1. The smallest absolute Gasteiger partial charge is 0.218 e. The van der Waals surface area contributed by atoms with Crippen LogP contribution >= 0.6 is 24.0 Å². The van der Waals surface area contributed by atoms with E-state index in [1.807, 2.05) is 36.4 Å². The number of hydrogen-bond acceptors (Lipinski definition) is 4. The van der Waals surface area contributed by atoms with E-state index >= 15 is 0 Å². The van der Waals surface area contributed by atoms with Crippen molar-refractivity contribution in [2.75, 3.05) is 20.8 Å². The fourth-order valence-electron chi connectivity index (χ4n) is 2.22. The first-order valence-corrected chi connectivity index (χ1v) is 8.41. The number of ether oxygens (including phenoxy) is 2.